The summed E-state index contributed by atoms with van der Waals surface area (Å²) in [6.45, 7) is 29.6. The van der Waals surface area contributed by atoms with Crippen molar-refractivity contribution in [3.63, 3.8) is 0 Å². The Bertz CT molecular complexity index is 2440. The molecule has 0 amide bonds. The maximum Gasteiger partial charge on any atom is 0.160 e. The summed E-state index contributed by atoms with van der Waals surface area (Å²) in [4.78, 5) is 10.8. The molecule has 5 aromatic carbocycles. The summed E-state index contributed by atoms with van der Waals surface area (Å²) >= 11 is 0. The number of aromatic nitrogens is 2. The molecule has 0 atom stereocenters. The van der Waals surface area contributed by atoms with E-state index in [2.05, 4.69) is 204 Å². The predicted octanol–water partition coefficient (Wildman–Crippen LogP) is 16.1. The van der Waals surface area contributed by atoms with Crippen molar-refractivity contribution in [2.45, 2.75) is 119 Å². The molecule has 2 nitrogen and oxygen atoms in total. The lowest BCUT2D eigenvalue weighted by Crippen LogP contribution is -2.18. The summed E-state index contributed by atoms with van der Waals surface area (Å²) in [5.74, 6) is 0.732. The van der Waals surface area contributed by atoms with E-state index in [1.165, 1.54) is 50.1 Å². The summed E-state index contributed by atoms with van der Waals surface area (Å²) in [5.41, 5.74) is 19.3. The monoisotopic (exact) mass is 765 g/mol. The van der Waals surface area contributed by atoms with Gasteiger partial charge in [0, 0.05) is 16.7 Å². The number of benzene rings is 5. The Hall–Kier alpha value is -5.34. The molecule has 0 N–H and O–H groups in total. The highest BCUT2D eigenvalue weighted by Crippen LogP contribution is 2.44. The Morgan fingerprint density at radius 2 is 0.966 bits per heavy atom. The highest BCUT2D eigenvalue weighted by molar-refractivity contribution is 5.92. The molecule has 1 aliphatic rings. The Morgan fingerprint density at radius 3 is 1.50 bits per heavy atom. The SMILES string of the molecule is CC.Cc1c(-c2ccc(-c3nc(C4=CCCC=C4)c(-c4ccccc4)c(-c4ccccc4)n3)cc2)cc(C(C)(C)C)cc1-c1cc(C(C)(C)C)cc(C(C)(C)C)c1C. The van der Waals surface area contributed by atoms with Crippen molar-refractivity contribution in [1.29, 1.82) is 0 Å². The lowest BCUT2D eigenvalue weighted by atomic mass is 9.74. The van der Waals surface area contributed by atoms with Crippen molar-refractivity contribution in [2.75, 3.05) is 0 Å². The molecule has 6 aromatic rings. The molecule has 1 aromatic heterocycles. The van der Waals surface area contributed by atoms with Gasteiger partial charge in [-0.15, -0.1) is 0 Å². The van der Waals surface area contributed by atoms with E-state index in [9.17, 15) is 0 Å². The third-order valence-corrected chi connectivity index (χ3v) is 11.4. The van der Waals surface area contributed by atoms with Crippen molar-refractivity contribution in [3.05, 3.63) is 161 Å². The minimum absolute atomic E-state index is 0.0274. The van der Waals surface area contributed by atoms with Gasteiger partial charge in [-0.25, -0.2) is 9.97 Å². The van der Waals surface area contributed by atoms with E-state index in [1.807, 2.05) is 13.8 Å². The lowest BCUT2D eigenvalue weighted by Gasteiger charge is -2.30. The summed E-state index contributed by atoms with van der Waals surface area (Å²) in [6.07, 6.45) is 8.86. The second kappa shape index (κ2) is 16.9. The molecule has 0 radical (unpaired) electrons. The first-order valence-corrected chi connectivity index (χ1v) is 21.3. The second-order valence-corrected chi connectivity index (χ2v) is 18.7. The number of hydrogen-bond acceptors (Lipinski definition) is 2. The van der Waals surface area contributed by atoms with Gasteiger partial charge in [0.05, 0.1) is 11.4 Å². The Kier molecular flexibility index (Phi) is 12.3. The number of allylic oxidation sites excluding steroid dienone is 4. The maximum absolute atomic E-state index is 5.38. The van der Waals surface area contributed by atoms with E-state index in [-0.39, 0.29) is 16.2 Å². The molecule has 1 aliphatic carbocycles. The lowest BCUT2D eigenvalue weighted by molar-refractivity contribution is 0.566. The van der Waals surface area contributed by atoms with Crippen LogP contribution in [0, 0.1) is 13.8 Å². The Morgan fingerprint density at radius 1 is 0.466 bits per heavy atom. The van der Waals surface area contributed by atoms with Crippen molar-refractivity contribution >= 4 is 5.57 Å². The zero-order chi connectivity index (χ0) is 42.0. The van der Waals surface area contributed by atoms with Crippen LogP contribution in [0.2, 0.25) is 0 Å². The molecule has 7 rings (SSSR count). The molecule has 298 valence electrons. The van der Waals surface area contributed by atoms with Gasteiger partial charge in [0.25, 0.3) is 0 Å². The minimum atomic E-state index is -0.0274. The normalized spacial score (nSPS) is 13.2. The molecular formula is C56H64N2. The molecule has 0 saturated heterocycles. The van der Waals surface area contributed by atoms with E-state index in [0.717, 1.165) is 57.9 Å². The predicted molar refractivity (Wildman–Crippen MR) is 252 cm³/mol. The second-order valence-electron chi connectivity index (χ2n) is 18.7. The van der Waals surface area contributed by atoms with Gasteiger partial charge in [0.2, 0.25) is 0 Å². The van der Waals surface area contributed by atoms with E-state index in [0.29, 0.717) is 0 Å². The van der Waals surface area contributed by atoms with Crippen molar-refractivity contribution < 1.29 is 0 Å². The topological polar surface area (TPSA) is 25.8 Å². The Labute approximate surface area is 350 Å². The summed E-state index contributed by atoms with van der Waals surface area (Å²) in [6, 6.07) is 39.9. The summed E-state index contributed by atoms with van der Waals surface area (Å²) in [5, 5.41) is 0. The van der Waals surface area contributed by atoms with E-state index >= 15 is 0 Å². The zero-order valence-corrected chi connectivity index (χ0v) is 37.4. The van der Waals surface area contributed by atoms with Crippen LogP contribution >= 0.6 is 0 Å². The fourth-order valence-corrected chi connectivity index (χ4v) is 8.00. The maximum atomic E-state index is 5.38. The molecule has 0 fully saturated rings. The molecule has 0 spiro atoms. The molecule has 2 heteroatoms. The third kappa shape index (κ3) is 8.87. The van der Waals surface area contributed by atoms with Gasteiger partial charge < -0.3 is 0 Å². The molecule has 0 aliphatic heterocycles. The molecule has 1 heterocycles. The standard InChI is InChI=1S/C54H58N2.C2H6/c1-35-44(31-42(52(3,4)5)32-45(35)46-33-43(53(6,7)8)34-47(36(46)2)54(9,10)11)37-27-29-41(30-28-37)51-55-49(39-23-17-13-18-24-39)48(38-21-15-12-16-22-38)50(56-51)40-25-19-14-20-26-40;1-2/h12-13,15-19,21-34H,14,20H2,1-11H3;1-2H3. The van der Waals surface area contributed by atoms with Gasteiger partial charge in [0.1, 0.15) is 0 Å². The largest absolute Gasteiger partial charge is 0.227 e. The van der Waals surface area contributed by atoms with Gasteiger partial charge in [0.15, 0.2) is 5.82 Å². The smallest absolute Gasteiger partial charge is 0.160 e. The first-order valence-electron chi connectivity index (χ1n) is 21.3. The first-order chi connectivity index (χ1) is 27.5. The van der Waals surface area contributed by atoms with Gasteiger partial charge in [-0.2, -0.15) is 0 Å². The van der Waals surface area contributed by atoms with Crippen molar-refractivity contribution in [3.8, 4) is 56.0 Å². The van der Waals surface area contributed by atoms with Gasteiger partial charge >= 0.3 is 0 Å². The number of hydrogen-bond donors (Lipinski definition) is 0. The van der Waals surface area contributed by atoms with Gasteiger partial charge in [-0.05, 0) is 104 Å². The van der Waals surface area contributed by atoms with Crippen LogP contribution in [0.5, 0.6) is 0 Å². The first kappa shape index (κ1) is 42.3. The fraction of sp³-hybridized carbons (Fsp3) is 0.321. The van der Waals surface area contributed by atoms with Gasteiger partial charge in [-0.1, -0.05) is 204 Å². The quantitative estimate of drug-likeness (QED) is 0.169. The van der Waals surface area contributed by atoms with E-state index < -0.39 is 0 Å². The highest BCUT2D eigenvalue weighted by atomic mass is 14.9. The molecule has 0 unspecified atom stereocenters. The highest BCUT2D eigenvalue weighted by Gasteiger charge is 2.27. The van der Waals surface area contributed by atoms with Crippen LogP contribution in [0.1, 0.15) is 123 Å². The van der Waals surface area contributed by atoms with Crippen molar-refractivity contribution in [2.24, 2.45) is 0 Å². The van der Waals surface area contributed by atoms with Crippen molar-refractivity contribution in [1.82, 2.24) is 9.97 Å². The Balaban J connectivity index is 0.00000279. The van der Waals surface area contributed by atoms with Crippen LogP contribution in [-0.4, -0.2) is 9.97 Å². The minimum Gasteiger partial charge on any atom is -0.227 e. The number of rotatable bonds is 6. The van der Waals surface area contributed by atoms with Crippen LogP contribution in [0.3, 0.4) is 0 Å². The van der Waals surface area contributed by atoms with E-state index in [4.69, 9.17) is 9.97 Å². The third-order valence-electron chi connectivity index (χ3n) is 11.4. The average molecular weight is 765 g/mol. The average Bonchev–Trinajstić information content (AvgIpc) is 3.21. The molecular weight excluding hydrogens is 701 g/mol. The summed E-state index contributed by atoms with van der Waals surface area (Å²) in [7, 11) is 0. The van der Waals surface area contributed by atoms with Crippen LogP contribution in [0.15, 0.2) is 127 Å². The van der Waals surface area contributed by atoms with E-state index in [1.54, 1.807) is 0 Å². The molecule has 58 heavy (non-hydrogen) atoms. The fourth-order valence-electron chi connectivity index (χ4n) is 8.00. The summed E-state index contributed by atoms with van der Waals surface area (Å²) < 4.78 is 0. The zero-order valence-electron chi connectivity index (χ0n) is 37.4. The van der Waals surface area contributed by atoms with Crippen LogP contribution in [0.25, 0.3) is 61.6 Å². The van der Waals surface area contributed by atoms with Gasteiger partial charge in [-0.3, -0.25) is 0 Å². The molecule has 0 saturated carbocycles. The molecule has 0 bridgehead atoms. The van der Waals surface area contributed by atoms with Crippen LogP contribution < -0.4 is 0 Å². The van der Waals surface area contributed by atoms with Crippen LogP contribution in [-0.2, 0) is 16.2 Å². The van der Waals surface area contributed by atoms with Crippen LogP contribution in [0.4, 0.5) is 0 Å². The number of nitrogens with zero attached hydrogens (tertiary/aromatic N) is 2.